The van der Waals surface area contributed by atoms with Gasteiger partial charge in [-0.3, -0.25) is 9.59 Å². The number of H-pyrrole nitrogens is 1. The summed E-state index contributed by atoms with van der Waals surface area (Å²) in [5.74, 6) is 0.254. The Morgan fingerprint density at radius 1 is 1.00 bits per heavy atom. The van der Waals surface area contributed by atoms with E-state index in [0.29, 0.717) is 24.2 Å². The van der Waals surface area contributed by atoms with E-state index in [1.54, 1.807) is 7.05 Å². The zero-order valence-corrected chi connectivity index (χ0v) is 22.8. The van der Waals surface area contributed by atoms with Crippen LogP contribution in [0, 0.1) is 0 Å². The average Bonchev–Trinajstić information content (AvgIpc) is 3.35. The summed E-state index contributed by atoms with van der Waals surface area (Å²) in [6.07, 6.45) is 4.43. The molecule has 4 aromatic rings. The van der Waals surface area contributed by atoms with Crippen LogP contribution in [0.3, 0.4) is 0 Å². The van der Waals surface area contributed by atoms with Gasteiger partial charge in [0.05, 0.1) is 24.3 Å². The van der Waals surface area contributed by atoms with Crippen LogP contribution in [0.5, 0.6) is 5.75 Å². The molecule has 4 rings (SSSR count). The highest BCUT2D eigenvalue weighted by atomic mass is 16.5. The molecule has 0 aliphatic carbocycles. The molecule has 1 aromatic heterocycles. The minimum Gasteiger partial charge on any atom is -0.490 e. The molecule has 0 saturated heterocycles. The zero-order chi connectivity index (χ0) is 27.8. The predicted octanol–water partition coefficient (Wildman–Crippen LogP) is 5.02. The second-order valence-electron chi connectivity index (χ2n) is 10.0. The number of rotatable bonds is 12. The van der Waals surface area contributed by atoms with Crippen LogP contribution in [0.25, 0.3) is 22.0 Å². The maximum absolute atomic E-state index is 13.5. The first-order chi connectivity index (χ1) is 18.9. The van der Waals surface area contributed by atoms with Crippen molar-refractivity contribution < 1.29 is 19.4 Å². The number of aryl methyl sites for hydroxylation is 1. The van der Waals surface area contributed by atoms with E-state index in [4.69, 9.17) is 4.74 Å². The Balaban J connectivity index is 1.52. The summed E-state index contributed by atoms with van der Waals surface area (Å²) in [4.78, 5) is 28.2. The first-order valence-corrected chi connectivity index (χ1v) is 13.4. The molecule has 1 heterocycles. The van der Waals surface area contributed by atoms with Gasteiger partial charge in [0, 0.05) is 30.6 Å². The average molecular weight is 528 g/mol. The normalized spacial score (nSPS) is 11.9. The molecule has 2 amide bonds. The van der Waals surface area contributed by atoms with Gasteiger partial charge in [0.1, 0.15) is 5.75 Å². The predicted molar refractivity (Wildman–Crippen MR) is 155 cm³/mol. The number of aliphatic hydroxyl groups is 1. The number of aliphatic hydroxyl groups excluding tert-OH is 1. The Hall–Kier alpha value is -4.10. The van der Waals surface area contributed by atoms with Crippen molar-refractivity contribution in [1.82, 2.24) is 15.6 Å². The monoisotopic (exact) mass is 527 g/mol. The van der Waals surface area contributed by atoms with Gasteiger partial charge < -0.3 is 25.5 Å². The number of carbonyl (C=O) groups is 2. The molecule has 0 fully saturated rings. The smallest absolute Gasteiger partial charge is 0.255 e. The zero-order valence-electron chi connectivity index (χ0n) is 22.8. The fraction of sp³-hybridized carbons (Fsp3) is 0.312. The van der Waals surface area contributed by atoms with Crippen LogP contribution in [0.1, 0.15) is 48.2 Å². The molecule has 204 valence electrons. The van der Waals surface area contributed by atoms with Gasteiger partial charge in [0.25, 0.3) is 5.91 Å². The van der Waals surface area contributed by atoms with E-state index in [2.05, 4.69) is 27.8 Å². The topological polar surface area (TPSA) is 103 Å². The summed E-state index contributed by atoms with van der Waals surface area (Å²) in [6, 6.07) is 21.3. The van der Waals surface area contributed by atoms with Crippen molar-refractivity contribution in [3.05, 3.63) is 89.6 Å². The minimum atomic E-state index is -0.457. The number of hydrogen-bond acceptors (Lipinski definition) is 4. The molecule has 0 aliphatic heterocycles. The number of aromatic amines is 1. The summed E-state index contributed by atoms with van der Waals surface area (Å²) >= 11 is 0. The summed E-state index contributed by atoms with van der Waals surface area (Å²) < 4.78 is 5.97. The van der Waals surface area contributed by atoms with Crippen LogP contribution in [-0.4, -0.2) is 47.7 Å². The Morgan fingerprint density at radius 2 is 1.74 bits per heavy atom. The van der Waals surface area contributed by atoms with Crippen molar-refractivity contribution in [3.63, 3.8) is 0 Å². The summed E-state index contributed by atoms with van der Waals surface area (Å²) in [5.41, 5.74) is 5.51. The number of fused-ring (bicyclic) bond motifs is 1. The molecule has 7 heteroatoms. The molecule has 0 unspecified atom stereocenters. The maximum atomic E-state index is 13.5. The highest BCUT2D eigenvalue weighted by molar-refractivity contribution is 5.98. The molecule has 0 bridgehead atoms. The van der Waals surface area contributed by atoms with Gasteiger partial charge in [-0.05, 0) is 73.6 Å². The number of para-hydroxylation sites is 1. The van der Waals surface area contributed by atoms with Crippen molar-refractivity contribution in [2.75, 3.05) is 13.7 Å². The van der Waals surface area contributed by atoms with Crippen LogP contribution in [0.4, 0.5) is 0 Å². The van der Waals surface area contributed by atoms with Gasteiger partial charge >= 0.3 is 0 Å². The van der Waals surface area contributed by atoms with Crippen molar-refractivity contribution in [2.45, 2.75) is 51.7 Å². The summed E-state index contributed by atoms with van der Waals surface area (Å²) in [5, 5.41) is 16.8. The molecule has 1 atom stereocenters. The first-order valence-electron chi connectivity index (χ1n) is 13.4. The molecular weight excluding hydrogens is 490 g/mol. The Kier molecular flexibility index (Phi) is 9.39. The number of hydrogen-bond donors (Lipinski definition) is 4. The fourth-order valence-corrected chi connectivity index (χ4v) is 4.68. The van der Waals surface area contributed by atoms with Gasteiger partial charge in [0.15, 0.2) is 0 Å². The Bertz CT molecular complexity index is 1410. The first kappa shape index (κ1) is 27.9. The molecule has 39 heavy (non-hydrogen) atoms. The lowest BCUT2D eigenvalue weighted by Crippen LogP contribution is -2.39. The Labute approximate surface area is 229 Å². The van der Waals surface area contributed by atoms with Crippen molar-refractivity contribution in [3.8, 4) is 16.9 Å². The lowest BCUT2D eigenvalue weighted by molar-refractivity contribution is -0.120. The van der Waals surface area contributed by atoms with Crippen LogP contribution in [0.15, 0.2) is 72.9 Å². The highest BCUT2D eigenvalue weighted by Crippen LogP contribution is 2.28. The number of carbonyl (C=O) groups excluding carboxylic acids is 2. The number of amides is 2. The van der Waals surface area contributed by atoms with E-state index in [9.17, 15) is 14.7 Å². The molecule has 0 saturated carbocycles. The fourth-order valence-electron chi connectivity index (χ4n) is 4.68. The number of benzene rings is 3. The highest BCUT2D eigenvalue weighted by Gasteiger charge is 2.20. The van der Waals surface area contributed by atoms with Crippen LogP contribution >= 0.6 is 0 Å². The van der Waals surface area contributed by atoms with E-state index in [1.165, 1.54) is 0 Å². The largest absolute Gasteiger partial charge is 0.490 e. The molecule has 7 nitrogen and oxygen atoms in total. The van der Waals surface area contributed by atoms with Gasteiger partial charge in [0.2, 0.25) is 5.91 Å². The molecule has 4 N–H and O–H groups in total. The lowest BCUT2D eigenvalue weighted by atomic mass is 9.99. The van der Waals surface area contributed by atoms with Crippen LogP contribution in [0.2, 0.25) is 0 Å². The minimum absolute atomic E-state index is 0.0472. The second-order valence-corrected chi connectivity index (χ2v) is 10.0. The molecule has 3 aromatic carbocycles. The maximum Gasteiger partial charge on any atom is 0.255 e. The van der Waals surface area contributed by atoms with E-state index < -0.39 is 6.04 Å². The number of ether oxygens (including phenoxy) is 1. The van der Waals surface area contributed by atoms with E-state index in [-0.39, 0.29) is 24.5 Å². The van der Waals surface area contributed by atoms with Crippen molar-refractivity contribution >= 4 is 22.7 Å². The second kappa shape index (κ2) is 13.1. The van der Waals surface area contributed by atoms with Crippen LogP contribution in [-0.2, 0) is 17.6 Å². The van der Waals surface area contributed by atoms with Gasteiger partial charge in [-0.25, -0.2) is 0 Å². The molecule has 0 spiro atoms. The van der Waals surface area contributed by atoms with Crippen molar-refractivity contribution in [2.24, 2.45) is 0 Å². The molecule has 0 aliphatic rings. The molecular formula is C32H37N3O4. The van der Waals surface area contributed by atoms with E-state index >= 15 is 0 Å². The third-order valence-electron chi connectivity index (χ3n) is 6.72. The quantitative estimate of drug-likeness (QED) is 0.208. The standard InChI is InChI=1S/C32H37N3O4/c1-21(2)39-30-16-15-24(23-13-11-22(12-14-23)7-6-10-31(37)33-3)18-28(30)32(38)35-26(20-36)17-25-19-34-29-9-5-4-8-27(25)29/h4-5,8-9,11-16,18-19,21,26,34,36H,6-7,10,17,20H2,1-3H3,(H,33,37)(H,35,38)/t26-/m1/s1. The summed E-state index contributed by atoms with van der Waals surface area (Å²) in [7, 11) is 1.65. The number of aromatic nitrogens is 1. The SMILES string of the molecule is CNC(=O)CCCc1ccc(-c2ccc(OC(C)C)c(C(=O)N[C@@H](CO)Cc3c[nH]c4ccccc34)c2)cc1. The summed E-state index contributed by atoms with van der Waals surface area (Å²) in [6.45, 7) is 3.66. The van der Waals surface area contributed by atoms with Gasteiger partial charge in [-0.15, -0.1) is 0 Å². The Morgan fingerprint density at radius 3 is 2.46 bits per heavy atom. The number of nitrogens with one attached hydrogen (secondary N) is 3. The lowest BCUT2D eigenvalue weighted by Gasteiger charge is -2.19. The molecule has 0 radical (unpaired) electrons. The third kappa shape index (κ3) is 7.27. The van der Waals surface area contributed by atoms with Crippen molar-refractivity contribution in [1.29, 1.82) is 0 Å². The van der Waals surface area contributed by atoms with Crippen LogP contribution < -0.4 is 15.4 Å². The van der Waals surface area contributed by atoms with Gasteiger partial charge in [-0.1, -0.05) is 48.5 Å². The van der Waals surface area contributed by atoms with E-state index in [1.807, 2.05) is 74.6 Å². The van der Waals surface area contributed by atoms with E-state index in [0.717, 1.165) is 46.0 Å². The third-order valence-corrected chi connectivity index (χ3v) is 6.72. The van der Waals surface area contributed by atoms with Gasteiger partial charge in [-0.2, -0.15) is 0 Å².